The van der Waals surface area contributed by atoms with E-state index in [0.29, 0.717) is 6.04 Å². The predicted molar refractivity (Wildman–Crippen MR) is 79.5 cm³/mol. The standard InChI is InChI=1S/C14H18N4S/c1-3-4-5-11(2)17-12-6-8-13(9-7-12)19-14-15-10-16-18-14/h3,6-11,17H,1,4-5H2,2H3,(H,15,16,18). The summed E-state index contributed by atoms with van der Waals surface area (Å²) in [5.41, 5.74) is 1.14. The van der Waals surface area contributed by atoms with Crippen LogP contribution in [0.4, 0.5) is 5.69 Å². The first kappa shape index (κ1) is 13.7. The molecule has 100 valence electrons. The fraction of sp³-hybridized carbons (Fsp3) is 0.286. The van der Waals surface area contributed by atoms with Gasteiger partial charge in [0.25, 0.3) is 0 Å². The van der Waals surface area contributed by atoms with E-state index in [0.717, 1.165) is 28.6 Å². The number of allylic oxidation sites excluding steroid dienone is 1. The molecular weight excluding hydrogens is 256 g/mol. The normalized spacial score (nSPS) is 12.1. The lowest BCUT2D eigenvalue weighted by Crippen LogP contribution is -2.14. The van der Waals surface area contributed by atoms with Crippen molar-refractivity contribution in [2.45, 2.75) is 35.9 Å². The van der Waals surface area contributed by atoms with Gasteiger partial charge < -0.3 is 5.32 Å². The smallest absolute Gasteiger partial charge is 0.188 e. The van der Waals surface area contributed by atoms with Crippen LogP contribution in [0.2, 0.25) is 0 Å². The molecule has 5 heteroatoms. The van der Waals surface area contributed by atoms with Crippen LogP contribution < -0.4 is 5.32 Å². The van der Waals surface area contributed by atoms with Gasteiger partial charge in [-0.25, -0.2) is 4.98 Å². The van der Waals surface area contributed by atoms with Crippen molar-refractivity contribution in [3.8, 4) is 0 Å². The molecule has 0 aliphatic carbocycles. The third-order valence-electron chi connectivity index (χ3n) is 2.68. The van der Waals surface area contributed by atoms with Crippen molar-refractivity contribution in [3.63, 3.8) is 0 Å². The third kappa shape index (κ3) is 4.44. The number of aromatic nitrogens is 3. The molecule has 0 aliphatic rings. The van der Waals surface area contributed by atoms with Crippen LogP contribution in [0.15, 0.2) is 53.3 Å². The van der Waals surface area contributed by atoms with E-state index in [4.69, 9.17) is 0 Å². The first-order valence-electron chi connectivity index (χ1n) is 6.28. The predicted octanol–water partition coefficient (Wildman–Crippen LogP) is 3.72. The van der Waals surface area contributed by atoms with Crippen molar-refractivity contribution in [2.75, 3.05) is 5.32 Å². The topological polar surface area (TPSA) is 53.6 Å². The van der Waals surface area contributed by atoms with Gasteiger partial charge in [0.15, 0.2) is 5.16 Å². The van der Waals surface area contributed by atoms with Gasteiger partial charge >= 0.3 is 0 Å². The zero-order chi connectivity index (χ0) is 13.5. The first-order chi connectivity index (χ1) is 9.28. The summed E-state index contributed by atoms with van der Waals surface area (Å²) in [5, 5.41) is 10.9. The largest absolute Gasteiger partial charge is 0.383 e. The Balaban J connectivity index is 1.89. The molecule has 2 N–H and O–H groups in total. The Morgan fingerprint density at radius 2 is 2.21 bits per heavy atom. The molecule has 0 fully saturated rings. The van der Waals surface area contributed by atoms with Gasteiger partial charge in [-0.3, -0.25) is 5.10 Å². The van der Waals surface area contributed by atoms with Gasteiger partial charge in [0.2, 0.25) is 0 Å². The molecule has 0 saturated carbocycles. The summed E-state index contributed by atoms with van der Waals surface area (Å²) in [4.78, 5) is 5.23. The second kappa shape index (κ2) is 6.99. The maximum absolute atomic E-state index is 4.09. The number of aromatic amines is 1. The third-order valence-corrected chi connectivity index (χ3v) is 3.58. The molecule has 4 nitrogen and oxygen atoms in total. The summed E-state index contributed by atoms with van der Waals surface area (Å²) in [6.07, 6.45) is 5.60. The molecular formula is C14H18N4S. The number of hydrogen-bond donors (Lipinski definition) is 2. The minimum absolute atomic E-state index is 0.450. The Bertz CT molecular complexity index is 493. The minimum Gasteiger partial charge on any atom is -0.383 e. The Morgan fingerprint density at radius 3 is 2.84 bits per heavy atom. The summed E-state index contributed by atoms with van der Waals surface area (Å²) >= 11 is 1.57. The summed E-state index contributed by atoms with van der Waals surface area (Å²) in [6, 6.07) is 8.78. The first-order valence-corrected chi connectivity index (χ1v) is 7.10. The van der Waals surface area contributed by atoms with Crippen molar-refractivity contribution in [1.29, 1.82) is 0 Å². The van der Waals surface area contributed by atoms with Gasteiger partial charge in [0.1, 0.15) is 6.33 Å². The zero-order valence-electron chi connectivity index (χ0n) is 11.0. The van der Waals surface area contributed by atoms with Crippen molar-refractivity contribution < 1.29 is 0 Å². The van der Waals surface area contributed by atoms with E-state index in [9.17, 15) is 0 Å². The minimum atomic E-state index is 0.450. The lowest BCUT2D eigenvalue weighted by molar-refractivity contribution is 0.719. The molecule has 0 bridgehead atoms. The second-order valence-corrected chi connectivity index (χ2v) is 5.39. The fourth-order valence-corrected chi connectivity index (χ4v) is 2.39. The highest BCUT2D eigenvalue weighted by molar-refractivity contribution is 7.99. The van der Waals surface area contributed by atoms with Crippen LogP contribution >= 0.6 is 11.8 Å². The number of hydrogen-bond acceptors (Lipinski definition) is 4. The summed E-state index contributed by atoms with van der Waals surface area (Å²) in [6.45, 7) is 5.92. The average Bonchev–Trinajstić information content (AvgIpc) is 2.91. The van der Waals surface area contributed by atoms with Gasteiger partial charge in [0.05, 0.1) is 0 Å². The molecule has 0 amide bonds. The van der Waals surface area contributed by atoms with Gasteiger partial charge in [-0.05, 0) is 44.0 Å². The number of anilines is 1. The van der Waals surface area contributed by atoms with Crippen molar-refractivity contribution in [3.05, 3.63) is 43.2 Å². The summed E-state index contributed by atoms with van der Waals surface area (Å²) < 4.78 is 0. The molecule has 0 spiro atoms. The number of nitrogens with zero attached hydrogens (tertiary/aromatic N) is 2. The Kier molecular flexibility index (Phi) is 5.03. The van der Waals surface area contributed by atoms with Gasteiger partial charge in [-0.2, -0.15) is 5.10 Å². The number of benzene rings is 1. The molecule has 1 unspecified atom stereocenters. The van der Waals surface area contributed by atoms with E-state index >= 15 is 0 Å². The second-order valence-electron chi connectivity index (χ2n) is 4.33. The maximum atomic E-state index is 4.09. The molecule has 1 aromatic carbocycles. The molecule has 0 aliphatic heterocycles. The molecule has 1 heterocycles. The zero-order valence-corrected chi connectivity index (χ0v) is 11.8. The van der Waals surface area contributed by atoms with E-state index in [1.54, 1.807) is 11.8 Å². The summed E-state index contributed by atoms with van der Waals surface area (Å²) in [5.74, 6) is 0. The van der Waals surface area contributed by atoms with Crippen molar-refractivity contribution >= 4 is 17.4 Å². The average molecular weight is 274 g/mol. The van der Waals surface area contributed by atoms with Gasteiger partial charge in [0, 0.05) is 16.6 Å². The van der Waals surface area contributed by atoms with Crippen LogP contribution in [-0.2, 0) is 0 Å². The van der Waals surface area contributed by atoms with Crippen LogP contribution in [0, 0.1) is 0 Å². The lowest BCUT2D eigenvalue weighted by Gasteiger charge is -2.14. The Morgan fingerprint density at radius 1 is 1.42 bits per heavy atom. The highest BCUT2D eigenvalue weighted by Gasteiger charge is 2.02. The van der Waals surface area contributed by atoms with E-state index in [1.807, 2.05) is 6.08 Å². The number of H-pyrrole nitrogens is 1. The van der Waals surface area contributed by atoms with Crippen molar-refractivity contribution in [2.24, 2.45) is 0 Å². The monoisotopic (exact) mass is 274 g/mol. The van der Waals surface area contributed by atoms with E-state index in [1.165, 1.54) is 6.33 Å². The quantitative estimate of drug-likeness (QED) is 0.755. The highest BCUT2D eigenvalue weighted by Crippen LogP contribution is 2.25. The molecule has 19 heavy (non-hydrogen) atoms. The van der Waals surface area contributed by atoms with Crippen molar-refractivity contribution in [1.82, 2.24) is 15.2 Å². The van der Waals surface area contributed by atoms with Gasteiger partial charge in [-0.1, -0.05) is 17.8 Å². The summed E-state index contributed by atoms with van der Waals surface area (Å²) in [7, 11) is 0. The van der Waals surface area contributed by atoms with Crippen LogP contribution in [-0.4, -0.2) is 21.2 Å². The van der Waals surface area contributed by atoms with Crippen LogP contribution in [0.5, 0.6) is 0 Å². The maximum Gasteiger partial charge on any atom is 0.188 e. The number of rotatable bonds is 7. The number of nitrogens with one attached hydrogen (secondary N) is 2. The molecule has 1 atom stereocenters. The van der Waals surface area contributed by atoms with E-state index < -0.39 is 0 Å². The molecule has 2 aromatic rings. The van der Waals surface area contributed by atoms with E-state index in [2.05, 4.69) is 58.3 Å². The Hall–Kier alpha value is -1.75. The molecule has 0 saturated heterocycles. The van der Waals surface area contributed by atoms with Crippen LogP contribution in [0.25, 0.3) is 0 Å². The van der Waals surface area contributed by atoms with Crippen LogP contribution in [0.3, 0.4) is 0 Å². The van der Waals surface area contributed by atoms with E-state index in [-0.39, 0.29) is 0 Å². The highest BCUT2D eigenvalue weighted by atomic mass is 32.2. The fourth-order valence-electron chi connectivity index (χ4n) is 1.70. The van der Waals surface area contributed by atoms with Crippen LogP contribution in [0.1, 0.15) is 19.8 Å². The molecule has 2 rings (SSSR count). The molecule has 0 radical (unpaired) electrons. The SMILES string of the molecule is C=CCCC(C)Nc1ccc(Sc2ncn[nH]2)cc1. The molecule has 1 aromatic heterocycles. The lowest BCUT2D eigenvalue weighted by atomic mass is 10.1. The Labute approximate surface area is 117 Å². The van der Waals surface area contributed by atoms with Gasteiger partial charge in [-0.15, -0.1) is 6.58 Å².